The molecule has 1 heterocycles. The number of hydrogen-bond donors (Lipinski definition) is 1. The van der Waals surface area contributed by atoms with Crippen molar-refractivity contribution in [2.45, 2.75) is 6.42 Å². The summed E-state index contributed by atoms with van der Waals surface area (Å²) in [6.07, 6.45) is 0.601. The van der Waals surface area contributed by atoms with E-state index in [1.165, 1.54) is 16.7 Å². The summed E-state index contributed by atoms with van der Waals surface area (Å²) in [6, 6.07) is 16.6. The molecule has 1 aliphatic heterocycles. The maximum atomic E-state index is 12.9. The highest BCUT2D eigenvalue weighted by Crippen LogP contribution is 2.36. The van der Waals surface area contributed by atoms with Crippen LogP contribution in [0.25, 0.3) is 5.57 Å². The minimum absolute atomic E-state index is 0.0620. The molecular weight excluding hydrogens is 370 g/mol. The van der Waals surface area contributed by atoms with E-state index < -0.39 is 0 Å². The minimum atomic E-state index is -0.298. The van der Waals surface area contributed by atoms with E-state index in [1.54, 1.807) is 24.3 Å². The average molecular weight is 388 g/mol. The molecule has 2 aromatic carbocycles. The van der Waals surface area contributed by atoms with Gasteiger partial charge in [-0.25, -0.2) is 0 Å². The van der Waals surface area contributed by atoms with Crippen LogP contribution in [-0.2, 0) is 16.0 Å². The molecule has 6 heteroatoms. The molecule has 1 aliphatic rings. The summed E-state index contributed by atoms with van der Waals surface area (Å²) in [7, 11) is 0. The Balaban J connectivity index is 1.86. The topological polar surface area (TPSA) is 57.6 Å². The van der Waals surface area contributed by atoms with E-state index in [9.17, 15) is 9.59 Å². The van der Waals surface area contributed by atoms with Gasteiger partial charge in [0.15, 0.2) is 0 Å². The number of imide groups is 1. The van der Waals surface area contributed by atoms with Crippen LogP contribution in [0.1, 0.15) is 11.1 Å². The molecule has 0 aromatic heterocycles. The highest BCUT2D eigenvalue weighted by atomic mass is 35.5. The van der Waals surface area contributed by atoms with Gasteiger partial charge in [-0.05, 0) is 29.7 Å². The van der Waals surface area contributed by atoms with Gasteiger partial charge in [-0.2, -0.15) is 0 Å². The van der Waals surface area contributed by atoms with Crippen molar-refractivity contribution in [2.75, 3.05) is 18.9 Å². The lowest BCUT2D eigenvalue weighted by Crippen LogP contribution is -2.33. The molecule has 134 valence electrons. The van der Waals surface area contributed by atoms with Crippen molar-refractivity contribution < 1.29 is 14.7 Å². The summed E-state index contributed by atoms with van der Waals surface area (Å²) >= 11 is 7.15. The van der Waals surface area contributed by atoms with Gasteiger partial charge in [0.05, 0.1) is 17.1 Å². The van der Waals surface area contributed by atoms with Crippen molar-refractivity contribution >= 4 is 40.8 Å². The van der Waals surface area contributed by atoms with Gasteiger partial charge in [0, 0.05) is 17.3 Å². The fourth-order valence-corrected chi connectivity index (χ4v) is 3.80. The van der Waals surface area contributed by atoms with E-state index in [2.05, 4.69) is 0 Å². The van der Waals surface area contributed by atoms with E-state index in [4.69, 9.17) is 16.7 Å². The van der Waals surface area contributed by atoms with Crippen molar-refractivity contribution in [1.82, 2.24) is 4.90 Å². The molecule has 3 rings (SSSR count). The van der Waals surface area contributed by atoms with Crippen molar-refractivity contribution in [2.24, 2.45) is 0 Å². The molecule has 0 aliphatic carbocycles. The van der Waals surface area contributed by atoms with E-state index in [-0.39, 0.29) is 18.4 Å². The number of amides is 2. The van der Waals surface area contributed by atoms with Gasteiger partial charge < -0.3 is 5.11 Å². The van der Waals surface area contributed by atoms with Gasteiger partial charge in [0.2, 0.25) is 0 Å². The molecule has 0 fully saturated rings. The zero-order valence-electron chi connectivity index (χ0n) is 14.0. The van der Waals surface area contributed by atoms with Crippen LogP contribution < -0.4 is 0 Å². The second-order valence-corrected chi connectivity index (χ2v) is 7.32. The van der Waals surface area contributed by atoms with Crippen molar-refractivity contribution in [3.63, 3.8) is 0 Å². The zero-order chi connectivity index (χ0) is 18.5. The number of aliphatic hydroxyl groups excluding tert-OH is 1. The molecule has 0 bridgehead atoms. The highest BCUT2D eigenvalue weighted by Gasteiger charge is 2.38. The second kappa shape index (κ2) is 8.54. The first-order valence-corrected chi connectivity index (χ1v) is 9.62. The monoisotopic (exact) mass is 387 g/mol. The standard InChI is InChI=1S/C20H18ClNO3S/c21-16-8-6-15(7-9-16)17-18(26-13-12-23)20(25)22(19(17)24)11-10-14-4-2-1-3-5-14/h1-9,23H,10-13H2. The summed E-state index contributed by atoms with van der Waals surface area (Å²) in [4.78, 5) is 27.4. The van der Waals surface area contributed by atoms with Crippen LogP contribution in [0.3, 0.4) is 0 Å². The number of thioether (sulfide) groups is 1. The van der Waals surface area contributed by atoms with Crippen LogP contribution in [0.5, 0.6) is 0 Å². The van der Waals surface area contributed by atoms with E-state index >= 15 is 0 Å². The number of rotatable bonds is 7. The molecule has 26 heavy (non-hydrogen) atoms. The Morgan fingerprint density at radius 3 is 2.31 bits per heavy atom. The van der Waals surface area contributed by atoms with Crippen LogP contribution in [0.4, 0.5) is 0 Å². The average Bonchev–Trinajstić information content (AvgIpc) is 2.89. The summed E-state index contributed by atoms with van der Waals surface area (Å²) < 4.78 is 0. The van der Waals surface area contributed by atoms with Gasteiger partial charge in [0.25, 0.3) is 11.8 Å². The first-order valence-electron chi connectivity index (χ1n) is 8.26. The van der Waals surface area contributed by atoms with Crippen LogP contribution in [0.2, 0.25) is 5.02 Å². The first-order chi connectivity index (χ1) is 12.6. The largest absolute Gasteiger partial charge is 0.396 e. The predicted octanol–water partition coefficient (Wildman–Crippen LogP) is 3.39. The lowest BCUT2D eigenvalue weighted by atomic mass is 10.1. The molecule has 0 radical (unpaired) electrons. The number of halogens is 1. The quantitative estimate of drug-likeness (QED) is 0.740. The Morgan fingerprint density at radius 1 is 0.962 bits per heavy atom. The number of benzene rings is 2. The molecule has 0 spiro atoms. The molecule has 0 saturated heterocycles. The number of aliphatic hydroxyl groups is 1. The smallest absolute Gasteiger partial charge is 0.267 e. The third kappa shape index (κ3) is 4.01. The van der Waals surface area contributed by atoms with Gasteiger partial charge >= 0.3 is 0 Å². The van der Waals surface area contributed by atoms with Crippen LogP contribution >= 0.6 is 23.4 Å². The third-order valence-electron chi connectivity index (χ3n) is 4.06. The van der Waals surface area contributed by atoms with Gasteiger partial charge in [0.1, 0.15) is 0 Å². The molecule has 4 nitrogen and oxygen atoms in total. The van der Waals surface area contributed by atoms with Crippen molar-refractivity contribution in [3.8, 4) is 0 Å². The minimum Gasteiger partial charge on any atom is -0.396 e. The lowest BCUT2D eigenvalue weighted by Gasteiger charge is -2.15. The molecule has 2 aromatic rings. The van der Waals surface area contributed by atoms with E-state index in [0.717, 1.165) is 5.56 Å². The Hall–Kier alpha value is -2.08. The normalized spacial score (nSPS) is 14.5. The Morgan fingerprint density at radius 2 is 1.65 bits per heavy atom. The van der Waals surface area contributed by atoms with Gasteiger partial charge in [-0.1, -0.05) is 54.1 Å². The summed E-state index contributed by atoms with van der Waals surface area (Å²) in [6.45, 7) is 0.259. The number of nitrogens with zero attached hydrogens (tertiary/aromatic N) is 1. The summed E-state index contributed by atoms with van der Waals surface area (Å²) in [5.74, 6) is -0.235. The lowest BCUT2D eigenvalue weighted by molar-refractivity contribution is -0.136. The molecule has 0 atom stereocenters. The fourth-order valence-electron chi connectivity index (χ4n) is 2.80. The number of hydrogen-bond acceptors (Lipinski definition) is 4. The third-order valence-corrected chi connectivity index (χ3v) is 5.37. The Labute approximate surface area is 161 Å². The summed E-state index contributed by atoms with van der Waals surface area (Å²) in [5.41, 5.74) is 2.12. The number of carbonyl (C=O) groups is 2. The van der Waals surface area contributed by atoms with Crippen molar-refractivity contribution in [3.05, 3.63) is 75.7 Å². The summed E-state index contributed by atoms with van der Waals surface area (Å²) in [5, 5.41) is 9.69. The molecule has 0 saturated carbocycles. The Kier molecular flexibility index (Phi) is 6.14. The molecule has 1 N–H and O–H groups in total. The zero-order valence-corrected chi connectivity index (χ0v) is 15.6. The van der Waals surface area contributed by atoms with Crippen LogP contribution in [0, 0.1) is 0 Å². The van der Waals surface area contributed by atoms with Gasteiger partial charge in [-0.15, -0.1) is 11.8 Å². The fraction of sp³-hybridized carbons (Fsp3) is 0.200. The predicted molar refractivity (Wildman–Crippen MR) is 105 cm³/mol. The second-order valence-electron chi connectivity index (χ2n) is 5.78. The Bertz CT molecular complexity index is 834. The van der Waals surface area contributed by atoms with E-state index in [0.29, 0.717) is 39.8 Å². The maximum Gasteiger partial charge on any atom is 0.267 e. The molecular formula is C20H18ClNO3S. The van der Waals surface area contributed by atoms with E-state index in [1.807, 2.05) is 30.3 Å². The highest BCUT2D eigenvalue weighted by molar-refractivity contribution is 8.04. The maximum absolute atomic E-state index is 12.9. The molecule has 0 unspecified atom stereocenters. The molecule has 2 amide bonds. The number of carbonyl (C=O) groups excluding carboxylic acids is 2. The first kappa shape index (κ1) is 18.7. The van der Waals surface area contributed by atoms with Gasteiger partial charge in [-0.3, -0.25) is 14.5 Å². The van der Waals surface area contributed by atoms with Crippen molar-refractivity contribution in [1.29, 1.82) is 0 Å². The van der Waals surface area contributed by atoms with Crippen LogP contribution in [0.15, 0.2) is 59.5 Å². The van der Waals surface area contributed by atoms with Crippen LogP contribution in [-0.4, -0.2) is 40.7 Å². The SMILES string of the molecule is O=C1C(SCCO)=C(c2ccc(Cl)cc2)C(=O)N1CCc1ccccc1.